The predicted octanol–water partition coefficient (Wildman–Crippen LogP) is 1.46. The van der Waals surface area contributed by atoms with Gasteiger partial charge in [-0.05, 0) is 19.9 Å². The Hall–Kier alpha value is -2.44. The van der Waals surface area contributed by atoms with E-state index in [-0.39, 0.29) is 11.8 Å². The topological polar surface area (TPSA) is 84.7 Å². The Morgan fingerprint density at radius 3 is 2.68 bits per heavy atom. The molecule has 0 saturated carbocycles. The van der Waals surface area contributed by atoms with Crippen LogP contribution in [-0.4, -0.2) is 38.7 Å². The first kappa shape index (κ1) is 15.9. The molecule has 0 radical (unpaired) electrons. The van der Waals surface area contributed by atoms with Gasteiger partial charge in [-0.15, -0.1) is 0 Å². The number of carbonyl (C=O) groups excluding carboxylic acids is 1. The van der Waals surface area contributed by atoms with Gasteiger partial charge < -0.3 is 10.6 Å². The second kappa shape index (κ2) is 7.02. The molecule has 1 amide bonds. The van der Waals surface area contributed by atoms with E-state index in [1.54, 1.807) is 17.1 Å². The van der Waals surface area contributed by atoms with Crippen LogP contribution in [0.5, 0.6) is 0 Å². The normalized spacial score (nSPS) is 10.8. The summed E-state index contributed by atoms with van der Waals surface area (Å²) in [5.74, 6) is 1.36. The van der Waals surface area contributed by atoms with Gasteiger partial charge in [0.25, 0.3) is 0 Å². The van der Waals surface area contributed by atoms with E-state index in [4.69, 9.17) is 0 Å². The minimum absolute atomic E-state index is 0.00542. The predicted molar refractivity (Wildman–Crippen MR) is 85.0 cm³/mol. The molecule has 2 N–H and O–H groups in total. The molecule has 0 aliphatic heterocycles. The lowest BCUT2D eigenvalue weighted by atomic mass is 10.2. The maximum Gasteiger partial charge on any atom is 0.222 e. The molecule has 7 nitrogen and oxygen atoms in total. The number of amides is 1. The van der Waals surface area contributed by atoms with Crippen molar-refractivity contribution < 1.29 is 4.79 Å². The highest BCUT2D eigenvalue weighted by Crippen LogP contribution is 2.10. The summed E-state index contributed by atoms with van der Waals surface area (Å²) in [6.45, 7) is 8.79. The summed E-state index contributed by atoms with van der Waals surface area (Å²) in [7, 11) is 0. The van der Waals surface area contributed by atoms with Crippen LogP contribution in [0.4, 0.5) is 5.82 Å². The van der Waals surface area contributed by atoms with E-state index < -0.39 is 0 Å². The molecule has 2 aromatic heterocycles. The Kier molecular flexibility index (Phi) is 5.08. The number of nitrogens with one attached hydrogen (secondary N) is 2. The highest BCUT2D eigenvalue weighted by Gasteiger charge is 2.07. The fourth-order valence-corrected chi connectivity index (χ4v) is 1.98. The molecule has 0 atom stereocenters. The van der Waals surface area contributed by atoms with Crippen molar-refractivity contribution in [3.05, 3.63) is 29.8 Å². The van der Waals surface area contributed by atoms with Gasteiger partial charge in [0.15, 0.2) is 5.82 Å². The molecular formula is C15H22N6O. The summed E-state index contributed by atoms with van der Waals surface area (Å²) in [4.78, 5) is 20.1. The zero-order valence-electron chi connectivity index (χ0n) is 13.4. The zero-order valence-corrected chi connectivity index (χ0v) is 13.4. The summed E-state index contributed by atoms with van der Waals surface area (Å²) in [5, 5.41) is 10.4. The van der Waals surface area contributed by atoms with Crippen LogP contribution < -0.4 is 10.6 Å². The molecule has 0 aliphatic rings. The fraction of sp³-hybridized carbons (Fsp3) is 0.467. The summed E-state index contributed by atoms with van der Waals surface area (Å²) in [6.07, 6.45) is 3.32. The third-order valence-electron chi connectivity index (χ3n) is 3.10. The molecule has 2 rings (SSSR count). The van der Waals surface area contributed by atoms with Gasteiger partial charge >= 0.3 is 0 Å². The van der Waals surface area contributed by atoms with Crippen molar-refractivity contribution in [1.29, 1.82) is 0 Å². The number of aromatic nitrogens is 4. The van der Waals surface area contributed by atoms with Gasteiger partial charge in [0.1, 0.15) is 5.82 Å². The number of hydrogen-bond acceptors (Lipinski definition) is 5. The molecule has 118 valence electrons. The Morgan fingerprint density at radius 2 is 2.05 bits per heavy atom. The number of carbonyl (C=O) groups is 1. The fourth-order valence-electron chi connectivity index (χ4n) is 1.98. The largest absolute Gasteiger partial charge is 0.367 e. The molecule has 0 aliphatic carbocycles. The lowest BCUT2D eigenvalue weighted by Gasteiger charge is -2.10. The Balaban J connectivity index is 1.95. The van der Waals surface area contributed by atoms with Crippen LogP contribution in [-0.2, 0) is 4.79 Å². The summed E-state index contributed by atoms with van der Waals surface area (Å²) < 4.78 is 1.76. The second-order valence-corrected chi connectivity index (χ2v) is 5.47. The number of anilines is 1. The van der Waals surface area contributed by atoms with Gasteiger partial charge in [0.2, 0.25) is 5.91 Å². The average Bonchev–Trinajstić information content (AvgIpc) is 2.82. The van der Waals surface area contributed by atoms with Crippen LogP contribution in [0.25, 0.3) is 5.82 Å². The van der Waals surface area contributed by atoms with E-state index in [0.717, 1.165) is 11.4 Å². The SMILES string of the molecule is Cc1cc(C)n(-c2cncc(NCCNC(=O)C(C)C)n2)n1. The van der Waals surface area contributed by atoms with Crippen molar-refractivity contribution in [2.45, 2.75) is 27.7 Å². The summed E-state index contributed by atoms with van der Waals surface area (Å²) in [5.41, 5.74) is 1.95. The lowest BCUT2D eigenvalue weighted by Crippen LogP contribution is -2.32. The molecule has 2 heterocycles. The first-order valence-electron chi connectivity index (χ1n) is 7.34. The minimum Gasteiger partial charge on any atom is -0.367 e. The molecule has 22 heavy (non-hydrogen) atoms. The van der Waals surface area contributed by atoms with Crippen molar-refractivity contribution >= 4 is 11.7 Å². The number of rotatable bonds is 6. The van der Waals surface area contributed by atoms with E-state index in [2.05, 4.69) is 25.7 Å². The van der Waals surface area contributed by atoms with Crippen LogP contribution in [0.2, 0.25) is 0 Å². The van der Waals surface area contributed by atoms with Gasteiger partial charge in [-0.25, -0.2) is 9.67 Å². The summed E-state index contributed by atoms with van der Waals surface area (Å²) in [6, 6.07) is 1.99. The first-order valence-corrected chi connectivity index (χ1v) is 7.34. The molecule has 0 saturated heterocycles. The zero-order chi connectivity index (χ0) is 16.1. The maximum atomic E-state index is 11.5. The third kappa shape index (κ3) is 4.03. The van der Waals surface area contributed by atoms with Gasteiger partial charge in [-0.2, -0.15) is 5.10 Å². The molecular weight excluding hydrogens is 280 g/mol. The van der Waals surface area contributed by atoms with Crippen molar-refractivity contribution in [3.8, 4) is 5.82 Å². The maximum absolute atomic E-state index is 11.5. The van der Waals surface area contributed by atoms with Crippen LogP contribution in [0.1, 0.15) is 25.2 Å². The quantitative estimate of drug-likeness (QED) is 0.789. The second-order valence-electron chi connectivity index (χ2n) is 5.47. The van der Waals surface area contributed by atoms with Gasteiger partial charge in [0, 0.05) is 24.7 Å². The van der Waals surface area contributed by atoms with Crippen molar-refractivity contribution in [1.82, 2.24) is 25.1 Å². The Morgan fingerprint density at radius 1 is 1.27 bits per heavy atom. The van der Waals surface area contributed by atoms with Crippen molar-refractivity contribution in [3.63, 3.8) is 0 Å². The molecule has 7 heteroatoms. The third-order valence-corrected chi connectivity index (χ3v) is 3.10. The highest BCUT2D eigenvalue weighted by molar-refractivity contribution is 5.77. The highest BCUT2D eigenvalue weighted by atomic mass is 16.1. The molecule has 2 aromatic rings. The number of nitrogens with zero attached hydrogens (tertiary/aromatic N) is 4. The number of aryl methyl sites for hydroxylation is 2. The summed E-state index contributed by atoms with van der Waals surface area (Å²) >= 11 is 0. The van der Waals surface area contributed by atoms with Crippen LogP contribution >= 0.6 is 0 Å². The average molecular weight is 302 g/mol. The Labute approximate surface area is 130 Å². The van der Waals surface area contributed by atoms with Gasteiger partial charge in [-0.1, -0.05) is 13.8 Å². The first-order chi connectivity index (χ1) is 10.5. The van der Waals surface area contributed by atoms with E-state index in [1.807, 2.05) is 33.8 Å². The van der Waals surface area contributed by atoms with Crippen molar-refractivity contribution in [2.24, 2.45) is 5.92 Å². The monoisotopic (exact) mass is 302 g/mol. The number of hydrogen-bond donors (Lipinski definition) is 2. The van der Waals surface area contributed by atoms with E-state index in [0.29, 0.717) is 24.7 Å². The molecule has 0 unspecified atom stereocenters. The van der Waals surface area contributed by atoms with Crippen molar-refractivity contribution in [2.75, 3.05) is 18.4 Å². The van der Waals surface area contributed by atoms with Crippen LogP contribution in [0.3, 0.4) is 0 Å². The van der Waals surface area contributed by atoms with Crippen LogP contribution in [0.15, 0.2) is 18.5 Å². The van der Waals surface area contributed by atoms with E-state index in [1.165, 1.54) is 0 Å². The lowest BCUT2D eigenvalue weighted by molar-refractivity contribution is -0.123. The smallest absolute Gasteiger partial charge is 0.222 e. The minimum atomic E-state index is -0.00542. The van der Waals surface area contributed by atoms with E-state index >= 15 is 0 Å². The molecule has 0 fully saturated rings. The standard InChI is InChI=1S/C15H22N6O/c1-10(2)15(22)18-6-5-17-13-8-16-9-14(19-13)21-12(4)7-11(3)20-21/h7-10H,5-6H2,1-4H3,(H,17,19)(H,18,22). The molecule has 0 bridgehead atoms. The molecule has 0 spiro atoms. The molecule has 0 aromatic carbocycles. The Bertz CT molecular complexity index is 649. The van der Waals surface area contributed by atoms with Gasteiger partial charge in [0.05, 0.1) is 18.1 Å². The van der Waals surface area contributed by atoms with Gasteiger partial charge in [-0.3, -0.25) is 9.78 Å². The van der Waals surface area contributed by atoms with Crippen LogP contribution in [0, 0.1) is 19.8 Å². The van der Waals surface area contributed by atoms with E-state index in [9.17, 15) is 4.79 Å².